The second kappa shape index (κ2) is 11.7. The number of nitrogens with zero attached hydrogens (tertiary/aromatic N) is 5. The second-order valence-corrected chi connectivity index (χ2v) is 13.2. The first-order valence-electron chi connectivity index (χ1n) is 13.9. The van der Waals surface area contributed by atoms with E-state index in [1.54, 1.807) is 26.0 Å². The van der Waals surface area contributed by atoms with Crippen LogP contribution in [-0.4, -0.2) is 45.6 Å². The molecule has 0 spiro atoms. The first kappa shape index (κ1) is 31.1. The average molecular weight is 628 g/mol. The Kier molecular flexibility index (Phi) is 8.25. The molecule has 1 saturated heterocycles. The zero-order valence-corrected chi connectivity index (χ0v) is 25.4. The highest BCUT2D eigenvalue weighted by Crippen LogP contribution is 2.40. The van der Waals surface area contributed by atoms with Crippen LogP contribution >= 0.6 is 0 Å². The van der Waals surface area contributed by atoms with Gasteiger partial charge in [-0.1, -0.05) is 37.2 Å². The average Bonchev–Trinajstić information content (AvgIpc) is 3.52. The zero-order valence-electron chi connectivity index (χ0n) is 24.6. The molecule has 1 aromatic carbocycles. The number of aromatic nitrogens is 5. The maximum absolute atomic E-state index is 13.8. The molecule has 0 unspecified atom stereocenters. The number of nitrogens with two attached hydrogens (primary N) is 1. The van der Waals surface area contributed by atoms with Crippen molar-refractivity contribution >= 4 is 27.0 Å². The number of piperidine rings is 1. The van der Waals surface area contributed by atoms with Gasteiger partial charge in [0.1, 0.15) is 11.3 Å². The number of nitrogens with one attached hydrogen (secondary N) is 1. The fourth-order valence-corrected chi connectivity index (χ4v) is 6.49. The van der Waals surface area contributed by atoms with Crippen molar-refractivity contribution in [2.75, 3.05) is 18.8 Å². The highest BCUT2D eigenvalue weighted by Gasteiger charge is 2.37. The summed E-state index contributed by atoms with van der Waals surface area (Å²) >= 11 is 0. The van der Waals surface area contributed by atoms with Gasteiger partial charge in [-0.3, -0.25) is 0 Å². The predicted molar refractivity (Wildman–Crippen MR) is 160 cm³/mol. The Hall–Kier alpha value is -4.30. The number of aryl methyl sites for hydroxylation is 2. The lowest BCUT2D eigenvalue weighted by molar-refractivity contribution is -0.137. The van der Waals surface area contributed by atoms with Crippen molar-refractivity contribution in [1.29, 1.82) is 0 Å². The number of benzene rings is 1. The third-order valence-electron chi connectivity index (χ3n) is 7.39. The Bertz CT molecular complexity index is 1890. The fraction of sp³-hybridized carbons (Fsp3) is 0.333. The predicted octanol–water partition coefficient (Wildman–Crippen LogP) is 6.00. The first-order chi connectivity index (χ1) is 20.7. The Morgan fingerprint density at radius 3 is 2.36 bits per heavy atom. The molecule has 232 valence electrons. The molecule has 3 N–H and O–H groups in total. The highest BCUT2D eigenvalue weighted by molar-refractivity contribution is 7.90. The summed E-state index contributed by atoms with van der Waals surface area (Å²) in [5.74, 6) is 0.0524. The molecule has 1 aliphatic heterocycles. The van der Waals surface area contributed by atoms with E-state index in [0.717, 1.165) is 10.2 Å². The molecule has 0 aliphatic carbocycles. The Morgan fingerprint density at radius 2 is 1.80 bits per heavy atom. The third kappa shape index (κ3) is 6.17. The molecule has 0 bridgehead atoms. The lowest BCUT2D eigenvalue weighted by Gasteiger charge is -2.29. The van der Waals surface area contributed by atoms with E-state index in [9.17, 15) is 21.6 Å². The number of alkyl halides is 3. The van der Waals surface area contributed by atoms with Crippen LogP contribution in [0.4, 0.5) is 19.1 Å². The summed E-state index contributed by atoms with van der Waals surface area (Å²) in [5, 5.41) is 7.39. The largest absolute Gasteiger partial charge is 0.419 e. The normalized spacial score (nSPS) is 15.2. The zero-order chi connectivity index (χ0) is 31.9. The molecule has 0 saturated carbocycles. The summed E-state index contributed by atoms with van der Waals surface area (Å²) in [6.45, 7) is 10.4. The van der Waals surface area contributed by atoms with Crippen LogP contribution in [0.2, 0.25) is 0 Å². The molecule has 4 aromatic heterocycles. The van der Waals surface area contributed by atoms with Crippen molar-refractivity contribution in [3.63, 3.8) is 0 Å². The van der Waals surface area contributed by atoms with E-state index in [-0.39, 0.29) is 21.5 Å². The van der Waals surface area contributed by atoms with E-state index in [2.05, 4.69) is 39.3 Å². The van der Waals surface area contributed by atoms with Gasteiger partial charge in [0.25, 0.3) is 10.0 Å². The number of anilines is 1. The quantitative estimate of drug-likeness (QED) is 0.245. The molecular formula is C30H32F3N7O3S. The van der Waals surface area contributed by atoms with Gasteiger partial charge < -0.3 is 15.6 Å². The van der Waals surface area contributed by atoms with E-state index in [1.807, 2.05) is 0 Å². The van der Waals surface area contributed by atoms with Gasteiger partial charge >= 0.3 is 6.18 Å². The molecule has 14 heteroatoms. The van der Waals surface area contributed by atoms with Crippen LogP contribution in [0.5, 0.6) is 0 Å². The van der Waals surface area contributed by atoms with Crippen molar-refractivity contribution in [2.24, 2.45) is 5.41 Å². The summed E-state index contributed by atoms with van der Waals surface area (Å²) in [6.07, 6.45) is -0.445. The van der Waals surface area contributed by atoms with Crippen molar-refractivity contribution < 1.29 is 26.1 Å². The van der Waals surface area contributed by atoms with E-state index < -0.39 is 33.4 Å². The van der Waals surface area contributed by atoms with Crippen molar-refractivity contribution in [2.45, 2.75) is 51.6 Å². The van der Waals surface area contributed by atoms with E-state index in [4.69, 9.17) is 10.3 Å². The molecule has 0 amide bonds. The molecule has 5 aromatic rings. The maximum atomic E-state index is 13.8. The van der Waals surface area contributed by atoms with Crippen LogP contribution in [0, 0.1) is 19.3 Å². The Balaban J connectivity index is 0.000000418. The van der Waals surface area contributed by atoms with E-state index >= 15 is 0 Å². The molecule has 10 nitrogen and oxygen atoms in total. The summed E-state index contributed by atoms with van der Waals surface area (Å²) in [7, 11) is -4.26. The maximum Gasteiger partial charge on any atom is 0.419 e. The van der Waals surface area contributed by atoms with Crippen LogP contribution in [-0.2, 0) is 16.2 Å². The third-order valence-corrected chi connectivity index (χ3v) is 9.05. The molecule has 44 heavy (non-hydrogen) atoms. The number of rotatable bonds is 4. The van der Waals surface area contributed by atoms with Gasteiger partial charge in [0.05, 0.1) is 27.5 Å². The van der Waals surface area contributed by atoms with Gasteiger partial charge in [0.15, 0.2) is 5.65 Å². The highest BCUT2D eigenvalue weighted by atomic mass is 32.2. The minimum absolute atomic E-state index is 0.0729. The Morgan fingerprint density at radius 1 is 1.07 bits per heavy atom. The second-order valence-electron chi connectivity index (χ2n) is 11.4. The summed E-state index contributed by atoms with van der Waals surface area (Å²) in [4.78, 5) is 11.7. The molecule has 1 aliphatic rings. The van der Waals surface area contributed by atoms with Gasteiger partial charge in [0.2, 0.25) is 5.95 Å². The van der Waals surface area contributed by atoms with Crippen molar-refractivity contribution in [3.8, 4) is 22.5 Å². The number of fused-ring (bicyclic) bond motifs is 1. The SMILES string of the molecule is CC1(C)CCCNC1.Cc1noc(C)c1-c1ccc2c(-c3nc(N)ncc3C(F)(F)F)cn(S(=O)(=O)c3ccccc3)c2n1. The minimum atomic E-state index is -4.82. The topological polar surface area (TPSA) is 142 Å². The van der Waals surface area contributed by atoms with Crippen LogP contribution in [0.3, 0.4) is 0 Å². The lowest BCUT2D eigenvalue weighted by Crippen LogP contribution is -2.35. The van der Waals surface area contributed by atoms with Crippen LogP contribution < -0.4 is 11.1 Å². The van der Waals surface area contributed by atoms with Gasteiger partial charge in [-0.25, -0.2) is 27.3 Å². The standard InChI is InChI=1S/C23H17F3N6O3S.C7H15N/c1-12-19(13(2)35-31-12)18-9-8-15-16(20-17(23(24,25)26)10-28-22(27)30-20)11-32(21(15)29-18)36(33,34)14-6-4-3-5-7-14;1-7(2)4-3-5-8-6-7/h3-11H,1-2H3,(H2,27,28,30);8H,3-6H2,1-2H3. The number of halogens is 3. The summed E-state index contributed by atoms with van der Waals surface area (Å²) in [6, 6.07) is 10.5. The van der Waals surface area contributed by atoms with E-state index in [0.29, 0.717) is 34.3 Å². The molecule has 6 rings (SSSR count). The van der Waals surface area contributed by atoms with Gasteiger partial charge in [-0.05, 0) is 62.9 Å². The lowest BCUT2D eigenvalue weighted by atomic mass is 9.85. The fourth-order valence-electron chi connectivity index (χ4n) is 5.16. The van der Waals surface area contributed by atoms with Crippen LogP contribution in [0.25, 0.3) is 33.5 Å². The monoisotopic (exact) mass is 627 g/mol. The number of pyridine rings is 1. The summed E-state index contributed by atoms with van der Waals surface area (Å²) < 4.78 is 74.7. The van der Waals surface area contributed by atoms with Crippen LogP contribution in [0.1, 0.15) is 43.7 Å². The van der Waals surface area contributed by atoms with E-state index in [1.165, 1.54) is 56.3 Å². The minimum Gasteiger partial charge on any atom is -0.368 e. The Labute approximate surface area is 252 Å². The van der Waals surface area contributed by atoms with Gasteiger partial charge in [-0.2, -0.15) is 13.2 Å². The van der Waals surface area contributed by atoms with Crippen molar-refractivity contribution in [3.05, 3.63) is 71.9 Å². The van der Waals surface area contributed by atoms with Crippen molar-refractivity contribution in [1.82, 2.24) is 29.4 Å². The number of nitrogen functional groups attached to an aromatic ring is 1. The number of hydrogen-bond donors (Lipinski definition) is 2. The van der Waals surface area contributed by atoms with Gasteiger partial charge in [0, 0.05) is 29.9 Å². The molecule has 0 radical (unpaired) electrons. The smallest absolute Gasteiger partial charge is 0.368 e. The number of hydrogen-bond acceptors (Lipinski definition) is 9. The molecule has 1 fully saturated rings. The molecular weight excluding hydrogens is 595 g/mol. The van der Waals surface area contributed by atoms with Crippen LogP contribution in [0.15, 0.2) is 64.3 Å². The molecule has 0 atom stereocenters. The van der Waals surface area contributed by atoms with Gasteiger partial charge in [-0.15, -0.1) is 0 Å². The summed E-state index contributed by atoms with van der Waals surface area (Å²) in [5.41, 5.74) is 5.64. The first-order valence-corrected chi connectivity index (χ1v) is 15.3. The molecule has 5 heterocycles.